The maximum Gasteiger partial charge on any atom is 0.221 e. The standard InChI is InChI=1S/C13H22N2OS/c1-3-4-12(14)8-13(16)15-10(2)7-11-5-6-17-9-11/h5-6,9-10,12H,3-4,7-8,14H2,1-2H3,(H,15,16). The molecule has 0 bridgehead atoms. The summed E-state index contributed by atoms with van der Waals surface area (Å²) >= 11 is 1.69. The average molecular weight is 254 g/mol. The van der Waals surface area contributed by atoms with Gasteiger partial charge in [0.2, 0.25) is 5.91 Å². The Labute approximate surface area is 107 Å². The van der Waals surface area contributed by atoms with Gasteiger partial charge in [0, 0.05) is 18.5 Å². The number of hydrogen-bond donors (Lipinski definition) is 2. The Kier molecular flexibility index (Phi) is 6.22. The molecule has 1 aromatic rings. The van der Waals surface area contributed by atoms with E-state index in [9.17, 15) is 4.79 Å². The molecule has 4 heteroatoms. The van der Waals surface area contributed by atoms with Gasteiger partial charge >= 0.3 is 0 Å². The maximum atomic E-state index is 11.7. The highest BCUT2D eigenvalue weighted by atomic mass is 32.1. The molecule has 2 atom stereocenters. The lowest BCUT2D eigenvalue weighted by Gasteiger charge is -2.15. The van der Waals surface area contributed by atoms with Crippen molar-refractivity contribution in [3.8, 4) is 0 Å². The van der Waals surface area contributed by atoms with Crippen LogP contribution in [0.3, 0.4) is 0 Å². The molecular formula is C13H22N2OS. The lowest BCUT2D eigenvalue weighted by molar-refractivity contribution is -0.122. The van der Waals surface area contributed by atoms with Crippen LogP contribution in [0.5, 0.6) is 0 Å². The molecule has 3 nitrogen and oxygen atoms in total. The summed E-state index contributed by atoms with van der Waals surface area (Å²) in [5.41, 5.74) is 7.12. The van der Waals surface area contributed by atoms with E-state index in [0.29, 0.717) is 6.42 Å². The number of carbonyl (C=O) groups excluding carboxylic acids is 1. The van der Waals surface area contributed by atoms with E-state index in [1.807, 2.05) is 6.92 Å². The van der Waals surface area contributed by atoms with Crippen LogP contribution in [0.15, 0.2) is 16.8 Å². The Balaban J connectivity index is 2.26. The quantitative estimate of drug-likeness (QED) is 0.784. The van der Waals surface area contributed by atoms with Crippen LogP contribution < -0.4 is 11.1 Å². The van der Waals surface area contributed by atoms with Crippen LogP contribution in [0.1, 0.15) is 38.7 Å². The monoisotopic (exact) mass is 254 g/mol. The molecule has 0 aliphatic rings. The molecule has 1 rings (SSSR count). The third kappa shape index (κ3) is 5.84. The highest BCUT2D eigenvalue weighted by molar-refractivity contribution is 7.07. The summed E-state index contributed by atoms with van der Waals surface area (Å²) in [6, 6.07) is 2.26. The minimum absolute atomic E-state index is 0.00616. The Bertz CT molecular complexity index is 324. The fraction of sp³-hybridized carbons (Fsp3) is 0.615. The summed E-state index contributed by atoms with van der Waals surface area (Å²) in [6.07, 6.45) is 3.26. The predicted molar refractivity (Wildman–Crippen MR) is 73.1 cm³/mol. The van der Waals surface area contributed by atoms with E-state index in [0.717, 1.165) is 19.3 Å². The minimum atomic E-state index is -0.00616. The van der Waals surface area contributed by atoms with E-state index < -0.39 is 0 Å². The van der Waals surface area contributed by atoms with Crippen molar-refractivity contribution < 1.29 is 4.79 Å². The highest BCUT2D eigenvalue weighted by Crippen LogP contribution is 2.08. The Morgan fingerprint density at radius 1 is 1.59 bits per heavy atom. The van der Waals surface area contributed by atoms with Gasteiger partial charge in [0.25, 0.3) is 0 Å². The van der Waals surface area contributed by atoms with Gasteiger partial charge in [-0.1, -0.05) is 13.3 Å². The Morgan fingerprint density at radius 3 is 2.94 bits per heavy atom. The van der Waals surface area contributed by atoms with Gasteiger partial charge < -0.3 is 11.1 Å². The third-order valence-electron chi connectivity index (χ3n) is 2.64. The molecule has 17 heavy (non-hydrogen) atoms. The summed E-state index contributed by atoms with van der Waals surface area (Å²) in [4.78, 5) is 11.7. The summed E-state index contributed by atoms with van der Waals surface area (Å²) in [7, 11) is 0. The van der Waals surface area contributed by atoms with Crippen molar-refractivity contribution >= 4 is 17.2 Å². The summed E-state index contributed by atoms with van der Waals surface area (Å²) < 4.78 is 0. The fourth-order valence-corrected chi connectivity index (χ4v) is 2.54. The van der Waals surface area contributed by atoms with Crippen molar-refractivity contribution in [1.82, 2.24) is 5.32 Å². The summed E-state index contributed by atoms with van der Waals surface area (Å²) in [5.74, 6) is 0.0636. The SMILES string of the molecule is CCCC(N)CC(=O)NC(C)Cc1ccsc1. The molecule has 0 aliphatic carbocycles. The summed E-state index contributed by atoms with van der Waals surface area (Å²) in [6.45, 7) is 4.11. The topological polar surface area (TPSA) is 55.1 Å². The van der Waals surface area contributed by atoms with E-state index >= 15 is 0 Å². The second-order valence-corrected chi connectivity index (χ2v) is 5.34. The van der Waals surface area contributed by atoms with Crippen LogP contribution in [0, 0.1) is 0 Å². The number of thiophene rings is 1. The number of rotatable bonds is 7. The molecular weight excluding hydrogens is 232 g/mol. The van der Waals surface area contributed by atoms with Crippen molar-refractivity contribution in [2.24, 2.45) is 5.73 Å². The number of hydrogen-bond acceptors (Lipinski definition) is 3. The van der Waals surface area contributed by atoms with Crippen LogP contribution >= 0.6 is 11.3 Å². The van der Waals surface area contributed by atoms with Crippen LogP contribution in [-0.2, 0) is 11.2 Å². The Morgan fingerprint density at radius 2 is 2.35 bits per heavy atom. The first-order valence-electron chi connectivity index (χ1n) is 6.17. The van der Waals surface area contributed by atoms with Crippen molar-refractivity contribution in [2.75, 3.05) is 0 Å². The Hall–Kier alpha value is -0.870. The second-order valence-electron chi connectivity index (χ2n) is 4.56. The zero-order chi connectivity index (χ0) is 12.7. The molecule has 0 spiro atoms. The van der Waals surface area contributed by atoms with Crippen molar-refractivity contribution in [2.45, 2.75) is 51.6 Å². The van der Waals surface area contributed by atoms with Crippen LogP contribution in [-0.4, -0.2) is 18.0 Å². The molecule has 1 heterocycles. The first kappa shape index (κ1) is 14.2. The molecule has 0 fully saturated rings. The number of amides is 1. The van der Waals surface area contributed by atoms with Crippen LogP contribution in [0.25, 0.3) is 0 Å². The third-order valence-corrected chi connectivity index (χ3v) is 3.37. The van der Waals surface area contributed by atoms with Crippen molar-refractivity contribution in [3.63, 3.8) is 0 Å². The number of nitrogens with two attached hydrogens (primary N) is 1. The first-order chi connectivity index (χ1) is 8.11. The van der Waals surface area contributed by atoms with Gasteiger partial charge in [-0.05, 0) is 42.2 Å². The first-order valence-corrected chi connectivity index (χ1v) is 7.12. The highest BCUT2D eigenvalue weighted by Gasteiger charge is 2.11. The van der Waals surface area contributed by atoms with Crippen LogP contribution in [0.4, 0.5) is 0 Å². The molecule has 0 saturated heterocycles. The van der Waals surface area contributed by atoms with Gasteiger partial charge in [0.15, 0.2) is 0 Å². The van der Waals surface area contributed by atoms with Crippen molar-refractivity contribution in [3.05, 3.63) is 22.4 Å². The van der Waals surface area contributed by atoms with E-state index in [-0.39, 0.29) is 18.0 Å². The molecule has 96 valence electrons. The van der Waals surface area contributed by atoms with E-state index in [4.69, 9.17) is 5.73 Å². The average Bonchev–Trinajstić information content (AvgIpc) is 2.69. The summed E-state index contributed by atoms with van der Waals surface area (Å²) in [5, 5.41) is 7.17. The van der Waals surface area contributed by atoms with Gasteiger partial charge in [0.1, 0.15) is 0 Å². The van der Waals surface area contributed by atoms with E-state index in [1.54, 1.807) is 11.3 Å². The normalized spacial score (nSPS) is 14.3. The smallest absolute Gasteiger partial charge is 0.221 e. The molecule has 2 unspecified atom stereocenters. The number of carbonyl (C=O) groups is 1. The maximum absolute atomic E-state index is 11.7. The molecule has 1 amide bonds. The lowest BCUT2D eigenvalue weighted by atomic mass is 10.1. The predicted octanol–water partition coefficient (Wildman–Crippen LogP) is 2.31. The molecule has 0 aliphatic heterocycles. The zero-order valence-corrected chi connectivity index (χ0v) is 11.4. The zero-order valence-electron chi connectivity index (χ0n) is 10.6. The van der Waals surface area contributed by atoms with Gasteiger partial charge in [-0.2, -0.15) is 11.3 Å². The minimum Gasteiger partial charge on any atom is -0.353 e. The fourth-order valence-electron chi connectivity index (χ4n) is 1.86. The molecule has 0 aromatic carbocycles. The molecule has 3 N–H and O–H groups in total. The van der Waals surface area contributed by atoms with Crippen molar-refractivity contribution in [1.29, 1.82) is 0 Å². The molecule has 0 radical (unpaired) electrons. The molecule has 0 saturated carbocycles. The largest absolute Gasteiger partial charge is 0.353 e. The molecule has 1 aromatic heterocycles. The van der Waals surface area contributed by atoms with Gasteiger partial charge in [-0.15, -0.1) is 0 Å². The van der Waals surface area contributed by atoms with E-state index in [1.165, 1.54) is 5.56 Å². The number of nitrogens with one attached hydrogen (secondary N) is 1. The van der Waals surface area contributed by atoms with Gasteiger partial charge in [-0.3, -0.25) is 4.79 Å². The van der Waals surface area contributed by atoms with Gasteiger partial charge in [0.05, 0.1) is 0 Å². The van der Waals surface area contributed by atoms with Gasteiger partial charge in [-0.25, -0.2) is 0 Å². The van der Waals surface area contributed by atoms with E-state index in [2.05, 4.69) is 29.1 Å². The second kappa shape index (κ2) is 7.45. The van der Waals surface area contributed by atoms with Crippen LogP contribution in [0.2, 0.25) is 0 Å². The lowest BCUT2D eigenvalue weighted by Crippen LogP contribution is -2.37.